The number of hydrogen-bond acceptors (Lipinski definition) is 3. The first-order chi connectivity index (χ1) is 8.97. The smallest absolute Gasteiger partial charge is 0.255 e. The van der Waals surface area contributed by atoms with E-state index in [-0.39, 0.29) is 11.8 Å². The Balaban J connectivity index is 1.87. The van der Waals surface area contributed by atoms with Gasteiger partial charge in [-0.25, -0.2) is 13.8 Å². The second-order valence-corrected chi connectivity index (χ2v) is 5.04. The van der Waals surface area contributed by atoms with Crippen molar-refractivity contribution >= 4 is 34.9 Å². The zero-order chi connectivity index (χ0) is 14.0. The second kappa shape index (κ2) is 5.88. The van der Waals surface area contributed by atoms with Crippen LogP contribution in [-0.2, 0) is 4.79 Å². The summed E-state index contributed by atoms with van der Waals surface area (Å²) >= 11 is 11.7. The molecular formula is C11H11Cl2F2N3O. The van der Waals surface area contributed by atoms with Crippen molar-refractivity contribution in [1.29, 1.82) is 0 Å². The average molecular weight is 310 g/mol. The zero-order valence-electron chi connectivity index (χ0n) is 9.75. The van der Waals surface area contributed by atoms with Crippen LogP contribution in [0.25, 0.3) is 0 Å². The van der Waals surface area contributed by atoms with Crippen LogP contribution in [0.5, 0.6) is 0 Å². The lowest BCUT2D eigenvalue weighted by molar-refractivity contribution is -0.126. The van der Waals surface area contributed by atoms with Crippen LogP contribution in [0, 0.1) is 5.92 Å². The number of halogens is 4. The van der Waals surface area contributed by atoms with Crippen molar-refractivity contribution in [2.75, 3.05) is 24.5 Å². The molecule has 2 rings (SSSR count). The number of carbonyl (C=O) groups excluding carboxylic acids is 1. The number of rotatable bonds is 4. The topological polar surface area (TPSA) is 45.2 Å². The Morgan fingerprint density at radius 1 is 1.53 bits per heavy atom. The number of aromatic nitrogens is 1. The summed E-state index contributed by atoms with van der Waals surface area (Å²) in [5.41, 5.74) is 0. The van der Waals surface area contributed by atoms with Crippen molar-refractivity contribution in [1.82, 2.24) is 10.3 Å². The fraction of sp³-hybridized carbons (Fsp3) is 0.455. The molecule has 1 aliphatic heterocycles. The molecule has 0 aliphatic carbocycles. The fourth-order valence-electron chi connectivity index (χ4n) is 1.78. The van der Waals surface area contributed by atoms with Crippen molar-refractivity contribution in [3.8, 4) is 0 Å². The van der Waals surface area contributed by atoms with Crippen LogP contribution in [0.1, 0.15) is 0 Å². The molecule has 1 N–H and O–H groups in total. The number of carbonyl (C=O) groups is 1. The van der Waals surface area contributed by atoms with E-state index in [0.717, 1.165) is 0 Å². The predicted molar refractivity (Wildman–Crippen MR) is 69.0 cm³/mol. The van der Waals surface area contributed by atoms with Gasteiger partial charge in [0.25, 0.3) is 6.43 Å². The van der Waals surface area contributed by atoms with Gasteiger partial charge in [-0.3, -0.25) is 4.79 Å². The quantitative estimate of drug-likeness (QED) is 0.927. The summed E-state index contributed by atoms with van der Waals surface area (Å²) < 4.78 is 23.9. The SMILES string of the molecule is O=C(NCC(F)F)C1CN(c2ncc(Cl)cc2Cl)C1. The highest BCUT2D eigenvalue weighted by atomic mass is 35.5. The third-order valence-electron chi connectivity index (χ3n) is 2.77. The molecule has 1 amide bonds. The van der Waals surface area contributed by atoms with Crippen LogP contribution < -0.4 is 10.2 Å². The largest absolute Gasteiger partial charge is 0.354 e. The van der Waals surface area contributed by atoms with E-state index in [1.54, 1.807) is 11.0 Å². The third-order valence-corrected chi connectivity index (χ3v) is 3.26. The number of anilines is 1. The molecule has 0 atom stereocenters. The maximum absolute atomic E-state index is 11.9. The Bertz CT molecular complexity index is 481. The molecule has 0 saturated carbocycles. The van der Waals surface area contributed by atoms with E-state index in [2.05, 4.69) is 10.3 Å². The summed E-state index contributed by atoms with van der Waals surface area (Å²) in [6, 6.07) is 1.57. The Hall–Kier alpha value is -1.14. The summed E-state index contributed by atoms with van der Waals surface area (Å²) in [4.78, 5) is 17.4. The van der Waals surface area contributed by atoms with Crippen molar-refractivity contribution in [2.24, 2.45) is 5.92 Å². The minimum Gasteiger partial charge on any atom is -0.354 e. The van der Waals surface area contributed by atoms with Gasteiger partial charge in [-0.2, -0.15) is 0 Å². The Morgan fingerprint density at radius 3 is 2.79 bits per heavy atom. The van der Waals surface area contributed by atoms with E-state index >= 15 is 0 Å². The molecule has 1 aliphatic rings. The normalized spacial score (nSPS) is 15.5. The predicted octanol–water partition coefficient (Wildman–Crippen LogP) is 2.21. The Morgan fingerprint density at radius 2 is 2.21 bits per heavy atom. The van der Waals surface area contributed by atoms with Crippen LogP contribution in [0.3, 0.4) is 0 Å². The first-order valence-electron chi connectivity index (χ1n) is 5.59. The minimum atomic E-state index is -2.53. The van der Waals surface area contributed by atoms with Crippen LogP contribution >= 0.6 is 23.2 Å². The van der Waals surface area contributed by atoms with Gasteiger partial charge in [0, 0.05) is 19.3 Å². The molecule has 104 valence electrons. The van der Waals surface area contributed by atoms with Gasteiger partial charge >= 0.3 is 0 Å². The second-order valence-electron chi connectivity index (χ2n) is 4.20. The molecule has 1 saturated heterocycles. The van der Waals surface area contributed by atoms with Crippen LogP contribution in [0.4, 0.5) is 14.6 Å². The van der Waals surface area contributed by atoms with E-state index in [0.29, 0.717) is 29.0 Å². The number of hydrogen-bond donors (Lipinski definition) is 1. The lowest BCUT2D eigenvalue weighted by atomic mass is 9.99. The summed E-state index contributed by atoms with van der Waals surface area (Å²) in [6.45, 7) is 0.197. The van der Waals surface area contributed by atoms with Crippen molar-refractivity contribution in [2.45, 2.75) is 6.43 Å². The number of nitrogens with one attached hydrogen (secondary N) is 1. The maximum atomic E-state index is 11.9. The van der Waals surface area contributed by atoms with Gasteiger partial charge in [-0.05, 0) is 6.07 Å². The number of pyridine rings is 1. The molecule has 1 fully saturated rings. The molecule has 0 unspecified atom stereocenters. The molecule has 1 aromatic rings. The molecule has 2 heterocycles. The molecule has 0 spiro atoms. The van der Waals surface area contributed by atoms with E-state index in [1.807, 2.05) is 0 Å². The van der Waals surface area contributed by atoms with Gasteiger partial charge in [-0.1, -0.05) is 23.2 Å². The molecule has 4 nitrogen and oxygen atoms in total. The summed E-state index contributed by atoms with van der Waals surface area (Å²) in [7, 11) is 0. The summed E-state index contributed by atoms with van der Waals surface area (Å²) in [5.74, 6) is -0.141. The van der Waals surface area contributed by atoms with Gasteiger partial charge in [0.15, 0.2) is 0 Å². The number of amides is 1. The van der Waals surface area contributed by atoms with Gasteiger partial charge in [-0.15, -0.1) is 0 Å². The van der Waals surface area contributed by atoms with Crippen LogP contribution in [-0.4, -0.2) is 37.0 Å². The standard InChI is InChI=1S/C11H11Cl2F2N3O/c12-7-1-8(13)10(16-2-7)18-4-6(5-18)11(19)17-3-9(14)15/h1-2,6,9H,3-5H2,(H,17,19). The average Bonchev–Trinajstić information content (AvgIpc) is 2.27. The van der Waals surface area contributed by atoms with Crippen molar-refractivity contribution in [3.63, 3.8) is 0 Å². The van der Waals surface area contributed by atoms with Crippen LogP contribution in [0.15, 0.2) is 12.3 Å². The number of alkyl halides is 2. The zero-order valence-corrected chi connectivity index (χ0v) is 11.3. The third kappa shape index (κ3) is 3.45. The molecule has 0 radical (unpaired) electrons. The first-order valence-corrected chi connectivity index (χ1v) is 6.35. The summed E-state index contributed by atoms with van der Waals surface area (Å²) in [5, 5.41) is 3.02. The van der Waals surface area contributed by atoms with E-state index < -0.39 is 13.0 Å². The van der Waals surface area contributed by atoms with E-state index in [9.17, 15) is 13.6 Å². The highest BCUT2D eigenvalue weighted by Gasteiger charge is 2.34. The lowest BCUT2D eigenvalue weighted by Crippen LogP contribution is -2.54. The highest BCUT2D eigenvalue weighted by Crippen LogP contribution is 2.30. The molecule has 0 bridgehead atoms. The molecule has 19 heavy (non-hydrogen) atoms. The molecule has 0 aromatic carbocycles. The highest BCUT2D eigenvalue weighted by molar-refractivity contribution is 6.36. The first kappa shape index (κ1) is 14.3. The number of nitrogens with zero attached hydrogens (tertiary/aromatic N) is 2. The van der Waals surface area contributed by atoms with E-state index in [4.69, 9.17) is 23.2 Å². The van der Waals surface area contributed by atoms with Gasteiger partial charge in [0.2, 0.25) is 5.91 Å². The summed E-state index contributed by atoms with van der Waals surface area (Å²) in [6.07, 6.45) is -1.07. The Labute approximate surface area is 118 Å². The Kier molecular flexibility index (Phi) is 4.42. The molecule has 8 heteroatoms. The van der Waals surface area contributed by atoms with Crippen molar-refractivity contribution < 1.29 is 13.6 Å². The fourth-order valence-corrected chi connectivity index (χ4v) is 2.28. The van der Waals surface area contributed by atoms with Crippen molar-refractivity contribution in [3.05, 3.63) is 22.3 Å². The van der Waals surface area contributed by atoms with Crippen LogP contribution in [0.2, 0.25) is 10.0 Å². The monoisotopic (exact) mass is 309 g/mol. The molecule has 1 aromatic heterocycles. The lowest BCUT2D eigenvalue weighted by Gasteiger charge is -2.39. The van der Waals surface area contributed by atoms with Gasteiger partial charge in [0.1, 0.15) is 5.82 Å². The van der Waals surface area contributed by atoms with Gasteiger partial charge < -0.3 is 10.2 Å². The maximum Gasteiger partial charge on any atom is 0.255 e. The van der Waals surface area contributed by atoms with E-state index in [1.165, 1.54) is 6.20 Å². The minimum absolute atomic E-state index is 0.313. The van der Waals surface area contributed by atoms with Gasteiger partial charge in [0.05, 0.1) is 22.5 Å². The molecular weight excluding hydrogens is 299 g/mol.